The fourth-order valence-electron chi connectivity index (χ4n) is 4.84. The van der Waals surface area contributed by atoms with Gasteiger partial charge in [-0.25, -0.2) is 0 Å². The van der Waals surface area contributed by atoms with Crippen LogP contribution in [0.1, 0.15) is 48.9 Å². The highest BCUT2D eigenvalue weighted by molar-refractivity contribution is 5.94. The molecule has 0 aromatic heterocycles. The van der Waals surface area contributed by atoms with Crippen LogP contribution in [0, 0.1) is 0 Å². The monoisotopic (exact) mass is 387 g/mol. The number of hydrogen-bond acceptors (Lipinski definition) is 5. The van der Waals surface area contributed by atoms with Crippen LogP contribution in [0.25, 0.3) is 0 Å². The zero-order valence-corrected chi connectivity index (χ0v) is 16.7. The average Bonchev–Trinajstić information content (AvgIpc) is 3.46. The van der Waals surface area contributed by atoms with Crippen LogP contribution in [-0.2, 0) is 0 Å². The SMILES string of the molecule is O=C(N[C@@H]1CC[C@@H](N2CCCC2)[C@@H]1O)c1ccc(OCCN2CCCC2)cc1. The smallest absolute Gasteiger partial charge is 0.251 e. The number of likely N-dealkylation sites (tertiary alicyclic amines) is 2. The summed E-state index contributed by atoms with van der Waals surface area (Å²) in [5.41, 5.74) is 0.615. The summed E-state index contributed by atoms with van der Waals surface area (Å²) < 4.78 is 5.81. The number of aliphatic hydroxyl groups is 1. The Morgan fingerprint density at radius 1 is 1.04 bits per heavy atom. The van der Waals surface area contributed by atoms with Crippen LogP contribution in [0.15, 0.2) is 24.3 Å². The van der Waals surface area contributed by atoms with E-state index in [1.54, 1.807) is 12.1 Å². The Bertz CT molecular complexity index is 639. The zero-order valence-electron chi connectivity index (χ0n) is 16.7. The van der Waals surface area contributed by atoms with Gasteiger partial charge in [-0.1, -0.05) is 0 Å². The lowest BCUT2D eigenvalue weighted by Crippen LogP contribution is -2.47. The molecule has 6 heteroatoms. The predicted molar refractivity (Wildman–Crippen MR) is 109 cm³/mol. The number of nitrogens with one attached hydrogen (secondary N) is 1. The van der Waals surface area contributed by atoms with Crippen LogP contribution in [0.2, 0.25) is 0 Å². The Morgan fingerprint density at radius 2 is 1.71 bits per heavy atom. The van der Waals surface area contributed by atoms with Gasteiger partial charge < -0.3 is 15.2 Å². The molecule has 2 heterocycles. The molecule has 3 aliphatic rings. The number of aliphatic hydroxyl groups excluding tert-OH is 1. The van der Waals surface area contributed by atoms with E-state index in [-0.39, 0.29) is 18.0 Å². The molecule has 3 fully saturated rings. The Balaban J connectivity index is 1.24. The third-order valence-electron chi connectivity index (χ3n) is 6.50. The number of rotatable bonds is 7. The summed E-state index contributed by atoms with van der Waals surface area (Å²) in [4.78, 5) is 17.4. The predicted octanol–water partition coefficient (Wildman–Crippen LogP) is 1.88. The molecule has 0 radical (unpaired) electrons. The van der Waals surface area contributed by atoms with E-state index in [9.17, 15) is 9.90 Å². The van der Waals surface area contributed by atoms with E-state index in [1.807, 2.05) is 12.1 Å². The Kier molecular flexibility index (Phi) is 6.50. The van der Waals surface area contributed by atoms with Gasteiger partial charge in [-0.15, -0.1) is 0 Å². The summed E-state index contributed by atoms with van der Waals surface area (Å²) in [6.07, 6.45) is 6.33. The van der Waals surface area contributed by atoms with E-state index < -0.39 is 6.10 Å². The molecule has 4 rings (SSSR count). The highest BCUT2D eigenvalue weighted by atomic mass is 16.5. The Labute approximate surface area is 167 Å². The maximum absolute atomic E-state index is 12.6. The van der Waals surface area contributed by atoms with Gasteiger partial charge in [0.05, 0.1) is 12.1 Å². The lowest BCUT2D eigenvalue weighted by Gasteiger charge is -2.28. The molecule has 28 heavy (non-hydrogen) atoms. The molecule has 2 N–H and O–H groups in total. The van der Waals surface area contributed by atoms with Gasteiger partial charge >= 0.3 is 0 Å². The summed E-state index contributed by atoms with van der Waals surface area (Å²) >= 11 is 0. The first kappa shape index (κ1) is 19.7. The van der Waals surface area contributed by atoms with Crippen molar-refractivity contribution in [3.8, 4) is 5.75 Å². The van der Waals surface area contributed by atoms with Crippen molar-refractivity contribution >= 4 is 5.91 Å². The van der Waals surface area contributed by atoms with E-state index in [0.717, 1.165) is 38.2 Å². The maximum Gasteiger partial charge on any atom is 0.251 e. The molecule has 1 aromatic rings. The van der Waals surface area contributed by atoms with Crippen LogP contribution in [0.5, 0.6) is 5.75 Å². The molecule has 1 aliphatic carbocycles. The van der Waals surface area contributed by atoms with Crippen LogP contribution in [0.3, 0.4) is 0 Å². The fourth-order valence-corrected chi connectivity index (χ4v) is 4.84. The van der Waals surface area contributed by atoms with E-state index in [0.29, 0.717) is 12.2 Å². The van der Waals surface area contributed by atoms with E-state index in [2.05, 4.69) is 15.1 Å². The van der Waals surface area contributed by atoms with Crippen molar-refractivity contribution in [3.63, 3.8) is 0 Å². The molecular weight excluding hydrogens is 354 g/mol. The van der Waals surface area contributed by atoms with Crippen molar-refractivity contribution in [2.45, 2.75) is 56.7 Å². The number of carbonyl (C=O) groups excluding carboxylic acids is 1. The fraction of sp³-hybridized carbons (Fsp3) is 0.682. The first-order valence-electron chi connectivity index (χ1n) is 10.9. The minimum atomic E-state index is -0.477. The summed E-state index contributed by atoms with van der Waals surface area (Å²) in [6.45, 7) is 6.13. The van der Waals surface area contributed by atoms with Gasteiger partial charge in [-0.3, -0.25) is 14.6 Å². The normalized spacial score (nSPS) is 28.7. The number of carbonyl (C=O) groups is 1. The number of nitrogens with zero attached hydrogens (tertiary/aromatic N) is 2. The Morgan fingerprint density at radius 3 is 2.43 bits per heavy atom. The molecule has 2 saturated heterocycles. The molecule has 0 spiro atoms. The zero-order chi connectivity index (χ0) is 19.3. The van der Waals surface area contributed by atoms with Crippen LogP contribution in [0.4, 0.5) is 0 Å². The number of hydrogen-bond donors (Lipinski definition) is 2. The highest BCUT2D eigenvalue weighted by Gasteiger charge is 2.39. The molecule has 2 aliphatic heterocycles. The van der Waals surface area contributed by atoms with Gasteiger partial charge in [-0.05, 0) is 89.0 Å². The van der Waals surface area contributed by atoms with Crippen molar-refractivity contribution in [2.24, 2.45) is 0 Å². The summed E-state index contributed by atoms with van der Waals surface area (Å²) in [6, 6.07) is 7.36. The van der Waals surface area contributed by atoms with Crippen LogP contribution in [-0.4, -0.2) is 78.3 Å². The van der Waals surface area contributed by atoms with Crippen LogP contribution >= 0.6 is 0 Å². The van der Waals surface area contributed by atoms with Gasteiger partial charge in [0.2, 0.25) is 0 Å². The van der Waals surface area contributed by atoms with E-state index in [4.69, 9.17) is 4.74 Å². The first-order chi connectivity index (χ1) is 13.7. The molecule has 0 unspecified atom stereocenters. The summed E-state index contributed by atoms with van der Waals surface area (Å²) in [5.74, 6) is 0.681. The molecule has 154 valence electrons. The highest BCUT2D eigenvalue weighted by Crippen LogP contribution is 2.28. The number of amides is 1. The summed E-state index contributed by atoms with van der Waals surface area (Å²) in [5, 5.41) is 13.7. The second-order valence-electron chi connectivity index (χ2n) is 8.38. The first-order valence-corrected chi connectivity index (χ1v) is 10.9. The minimum absolute atomic E-state index is 0.116. The van der Waals surface area contributed by atoms with Gasteiger partial charge in [-0.2, -0.15) is 0 Å². The maximum atomic E-state index is 12.6. The molecular formula is C22H33N3O3. The van der Waals surface area contributed by atoms with E-state index in [1.165, 1.54) is 38.8 Å². The molecule has 1 amide bonds. The molecule has 0 bridgehead atoms. The van der Waals surface area contributed by atoms with Gasteiger partial charge in [0, 0.05) is 18.2 Å². The number of benzene rings is 1. The molecule has 3 atom stereocenters. The van der Waals surface area contributed by atoms with E-state index >= 15 is 0 Å². The molecule has 1 aromatic carbocycles. The third kappa shape index (κ3) is 4.67. The second-order valence-corrected chi connectivity index (χ2v) is 8.38. The van der Waals surface area contributed by atoms with Crippen molar-refractivity contribution in [2.75, 3.05) is 39.3 Å². The van der Waals surface area contributed by atoms with Crippen molar-refractivity contribution in [1.82, 2.24) is 15.1 Å². The summed E-state index contributed by atoms with van der Waals surface area (Å²) in [7, 11) is 0. The lowest BCUT2D eigenvalue weighted by atomic mass is 10.1. The molecule has 6 nitrogen and oxygen atoms in total. The number of ether oxygens (including phenoxy) is 1. The van der Waals surface area contributed by atoms with Crippen LogP contribution < -0.4 is 10.1 Å². The van der Waals surface area contributed by atoms with Crippen molar-refractivity contribution < 1.29 is 14.6 Å². The standard InChI is InChI=1S/C22H33N3O3/c26-21-19(9-10-20(21)25-13-3-4-14-25)23-22(27)17-5-7-18(8-6-17)28-16-15-24-11-1-2-12-24/h5-8,19-21,26H,1-4,9-16H2,(H,23,27)/t19-,20-,21-/m1/s1. The third-order valence-corrected chi connectivity index (χ3v) is 6.50. The average molecular weight is 388 g/mol. The minimum Gasteiger partial charge on any atom is -0.492 e. The topological polar surface area (TPSA) is 65.0 Å². The van der Waals surface area contributed by atoms with Gasteiger partial charge in [0.15, 0.2) is 0 Å². The molecule has 1 saturated carbocycles. The largest absolute Gasteiger partial charge is 0.492 e. The van der Waals surface area contributed by atoms with Gasteiger partial charge in [0.25, 0.3) is 5.91 Å². The van der Waals surface area contributed by atoms with Crippen molar-refractivity contribution in [1.29, 1.82) is 0 Å². The van der Waals surface area contributed by atoms with Gasteiger partial charge in [0.1, 0.15) is 12.4 Å². The lowest BCUT2D eigenvalue weighted by molar-refractivity contribution is 0.0619. The second kappa shape index (κ2) is 9.25. The quantitative estimate of drug-likeness (QED) is 0.748. The van der Waals surface area contributed by atoms with Crippen molar-refractivity contribution in [3.05, 3.63) is 29.8 Å². The Hall–Kier alpha value is -1.63.